The molecule has 0 saturated heterocycles. The van der Waals surface area contributed by atoms with Crippen LogP contribution in [0.1, 0.15) is 0 Å². The number of allylic oxidation sites excluding steroid dienone is 2. The van der Waals surface area contributed by atoms with E-state index < -0.39 is 0 Å². The lowest BCUT2D eigenvalue weighted by Gasteiger charge is -2.11. The molecule has 1 heterocycles. The molecule has 50 valence electrons. The summed E-state index contributed by atoms with van der Waals surface area (Å²) in [6.45, 7) is 0.627. The fraction of sp³-hybridized carbons (Fsp3) is 0.200. The van der Waals surface area contributed by atoms with E-state index in [1.54, 1.807) is 6.08 Å². The van der Waals surface area contributed by atoms with Crippen molar-refractivity contribution >= 4 is 27.5 Å². The highest BCUT2D eigenvalue weighted by Gasteiger charge is 2.04. The molecule has 0 aromatic carbocycles. The minimum Gasteiger partial charge on any atom is -0.385 e. The Balaban J connectivity index is 2.83. The molecule has 0 aliphatic carbocycles. The maximum absolute atomic E-state index is 5.66. The summed E-state index contributed by atoms with van der Waals surface area (Å²) < 4.78 is 0.818. The van der Waals surface area contributed by atoms with Crippen LogP contribution < -0.4 is 11.1 Å². The molecule has 9 heavy (non-hydrogen) atoms. The third kappa shape index (κ3) is 1.63. The normalized spacial score (nSPS) is 19.1. The van der Waals surface area contributed by atoms with Crippen molar-refractivity contribution in [3.05, 3.63) is 21.4 Å². The Kier molecular flexibility index (Phi) is 2.03. The number of hydrogen-bond acceptors (Lipinski definition) is 2. The van der Waals surface area contributed by atoms with Crippen molar-refractivity contribution < 1.29 is 0 Å². The van der Waals surface area contributed by atoms with Gasteiger partial charge in [0.05, 0.1) is 11.0 Å². The van der Waals surface area contributed by atoms with Crippen LogP contribution in [0.3, 0.4) is 0 Å². The van der Waals surface area contributed by atoms with Gasteiger partial charge in [-0.25, -0.2) is 0 Å². The van der Waals surface area contributed by atoms with Crippen molar-refractivity contribution in [1.29, 1.82) is 0 Å². The molecule has 0 aromatic rings. The molecule has 1 aliphatic heterocycles. The molecule has 4 heteroatoms. The molecule has 1 rings (SSSR count). The Morgan fingerprint density at radius 1 is 1.78 bits per heavy atom. The summed E-state index contributed by atoms with van der Waals surface area (Å²) in [5.74, 6) is 0.638. The number of hydrogen-bond donors (Lipinski definition) is 2. The monoisotopic (exact) mass is 208 g/mol. The first-order valence-electron chi connectivity index (χ1n) is 2.45. The van der Waals surface area contributed by atoms with E-state index in [-0.39, 0.29) is 0 Å². The molecule has 0 spiro atoms. The average molecular weight is 209 g/mol. The van der Waals surface area contributed by atoms with Gasteiger partial charge in [0.1, 0.15) is 5.82 Å². The van der Waals surface area contributed by atoms with Gasteiger partial charge in [-0.05, 0) is 22.0 Å². The lowest BCUT2D eigenvalue weighted by atomic mass is 10.4. The third-order valence-electron chi connectivity index (χ3n) is 0.988. The van der Waals surface area contributed by atoms with Crippen LogP contribution in [0.25, 0.3) is 0 Å². The standard InChI is InChI=1S/C5H6BrClN2/c6-4-1-3(7)2-9-5(4)8/h1,9H,2,8H2. The Morgan fingerprint density at radius 3 is 2.89 bits per heavy atom. The Hall–Kier alpha value is -0.150. The second kappa shape index (κ2) is 2.62. The summed E-state index contributed by atoms with van der Waals surface area (Å²) in [4.78, 5) is 0. The molecule has 2 nitrogen and oxygen atoms in total. The zero-order chi connectivity index (χ0) is 6.85. The molecule has 0 atom stereocenters. The minimum atomic E-state index is 0.627. The second-order valence-corrected chi connectivity index (χ2v) is 3.05. The van der Waals surface area contributed by atoms with Gasteiger partial charge in [0.25, 0.3) is 0 Å². The summed E-state index contributed by atoms with van der Waals surface area (Å²) in [5.41, 5.74) is 5.46. The van der Waals surface area contributed by atoms with Crippen LogP contribution in [0.4, 0.5) is 0 Å². The van der Waals surface area contributed by atoms with Gasteiger partial charge in [-0.2, -0.15) is 0 Å². The Labute approximate surface area is 66.9 Å². The van der Waals surface area contributed by atoms with E-state index in [2.05, 4.69) is 21.2 Å². The first-order chi connectivity index (χ1) is 4.20. The van der Waals surface area contributed by atoms with Crippen LogP contribution in [0.15, 0.2) is 21.4 Å². The smallest absolute Gasteiger partial charge is 0.111 e. The average Bonchev–Trinajstić information content (AvgIpc) is 1.80. The van der Waals surface area contributed by atoms with E-state index >= 15 is 0 Å². The molecule has 0 unspecified atom stereocenters. The van der Waals surface area contributed by atoms with Gasteiger partial charge >= 0.3 is 0 Å². The van der Waals surface area contributed by atoms with Crippen LogP contribution in [-0.4, -0.2) is 6.54 Å². The van der Waals surface area contributed by atoms with E-state index in [0.717, 1.165) is 9.51 Å². The molecule has 3 N–H and O–H groups in total. The van der Waals surface area contributed by atoms with Gasteiger partial charge in [0.15, 0.2) is 0 Å². The van der Waals surface area contributed by atoms with Crippen LogP contribution in [-0.2, 0) is 0 Å². The van der Waals surface area contributed by atoms with E-state index in [0.29, 0.717) is 12.4 Å². The zero-order valence-electron chi connectivity index (χ0n) is 4.62. The summed E-state index contributed by atoms with van der Waals surface area (Å²) in [7, 11) is 0. The van der Waals surface area contributed by atoms with Crippen molar-refractivity contribution in [2.24, 2.45) is 5.73 Å². The Bertz CT molecular complexity index is 185. The fourth-order valence-corrected chi connectivity index (χ4v) is 1.25. The molecule has 0 aromatic heterocycles. The van der Waals surface area contributed by atoms with Crippen molar-refractivity contribution in [3.63, 3.8) is 0 Å². The topological polar surface area (TPSA) is 38.0 Å². The van der Waals surface area contributed by atoms with Gasteiger partial charge in [0, 0.05) is 5.03 Å². The minimum absolute atomic E-state index is 0.627. The van der Waals surface area contributed by atoms with Crippen molar-refractivity contribution in [2.45, 2.75) is 0 Å². The number of dihydropyridines is 1. The number of nitrogens with two attached hydrogens (primary N) is 1. The SMILES string of the molecule is NC1=C(Br)C=C(Cl)CN1. The number of rotatable bonds is 0. The summed E-state index contributed by atoms with van der Waals surface area (Å²) >= 11 is 8.88. The van der Waals surface area contributed by atoms with Crippen LogP contribution in [0, 0.1) is 0 Å². The Morgan fingerprint density at radius 2 is 2.44 bits per heavy atom. The van der Waals surface area contributed by atoms with Crippen LogP contribution in [0.2, 0.25) is 0 Å². The van der Waals surface area contributed by atoms with Crippen LogP contribution in [0.5, 0.6) is 0 Å². The molecule has 0 bridgehead atoms. The summed E-state index contributed by atoms with van der Waals surface area (Å²) in [6, 6.07) is 0. The highest BCUT2D eigenvalue weighted by molar-refractivity contribution is 9.11. The van der Waals surface area contributed by atoms with Crippen molar-refractivity contribution in [2.75, 3.05) is 6.54 Å². The number of nitrogens with one attached hydrogen (secondary N) is 1. The first kappa shape index (κ1) is 6.96. The quantitative estimate of drug-likeness (QED) is 0.630. The van der Waals surface area contributed by atoms with Gasteiger partial charge in [-0.3, -0.25) is 0 Å². The van der Waals surface area contributed by atoms with Gasteiger partial charge in [-0.15, -0.1) is 0 Å². The lowest BCUT2D eigenvalue weighted by molar-refractivity contribution is 0.862. The van der Waals surface area contributed by atoms with E-state index in [1.165, 1.54) is 0 Å². The molecule has 1 aliphatic rings. The van der Waals surface area contributed by atoms with Crippen molar-refractivity contribution in [3.8, 4) is 0 Å². The maximum atomic E-state index is 5.66. The molecule has 0 fully saturated rings. The molecule has 0 radical (unpaired) electrons. The largest absolute Gasteiger partial charge is 0.385 e. The predicted octanol–water partition coefficient (Wildman–Crippen LogP) is 1.24. The van der Waals surface area contributed by atoms with Gasteiger partial charge < -0.3 is 11.1 Å². The number of halogens is 2. The lowest BCUT2D eigenvalue weighted by Crippen LogP contribution is -2.24. The fourth-order valence-electron chi connectivity index (χ4n) is 0.530. The highest BCUT2D eigenvalue weighted by atomic mass is 79.9. The van der Waals surface area contributed by atoms with E-state index in [9.17, 15) is 0 Å². The highest BCUT2D eigenvalue weighted by Crippen LogP contribution is 2.17. The van der Waals surface area contributed by atoms with Crippen LogP contribution >= 0.6 is 27.5 Å². The molecular weight excluding hydrogens is 203 g/mol. The van der Waals surface area contributed by atoms with Crippen molar-refractivity contribution in [1.82, 2.24) is 5.32 Å². The van der Waals surface area contributed by atoms with E-state index in [1.807, 2.05) is 0 Å². The zero-order valence-corrected chi connectivity index (χ0v) is 6.96. The molecule has 0 saturated carbocycles. The predicted molar refractivity (Wildman–Crippen MR) is 42.1 cm³/mol. The van der Waals surface area contributed by atoms with Gasteiger partial charge in [-0.1, -0.05) is 11.6 Å². The second-order valence-electron chi connectivity index (χ2n) is 1.71. The maximum Gasteiger partial charge on any atom is 0.111 e. The molecular formula is C5H6BrClN2. The van der Waals surface area contributed by atoms with Gasteiger partial charge in [0.2, 0.25) is 0 Å². The summed E-state index contributed by atoms with van der Waals surface area (Å²) in [6.07, 6.45) is 1.79. The van der Waals surface area contributed by atoms with E-state index in [4.69, 9.17) is 17.3 Å². The third-order valence-corrected chi connectivity index (χ3v) is 1.89. The molecule has 0 amide bonds. The first-order valence-corrected chi connectivity index (χ1v) is 3.62. The summed E-state index contributed by atoms with van der Waals surface area (Å²) in [5, 5.41) is 3.65.